The molecule has 14 heavy (non-hydrogen) atoms. The van der Waals surface area contributed by atoms with E-state index in [4.69, 9.17) is 0 Å². The van der Waals surface area contributed by atoms with Crippen LogP contribution < -0.4 is 0 Å². The van der Waals surface area contributed by atoms with Crippen LogP contribution in [0.25, 0.3) is 0 Å². The molecule has 0 saturated carbocycles. The molecular formula is C12H18BN. The fourth-order valence-corrected chi connectivity index (χ4v) is 3.67. The second-order valence-electron chi connectivity index (χ2n) is 5.00. The molecule has 1 aromatic rings. The molecule has 0 N–H and O–H groups in total. The van der Waals surface area contributed by atoms with Crippen LogP contribution in [0, 0.1) is 0 Å². The van der Waals surface area contributed by atoms with Gasteiger partial charge in [0.1, 0.15) is 0 Å². The van der Waals surface area contributed by atoms with Gasteiger partial charge in [0, 0.05) is 0 Å². The molecule has 0 aliphatic carbocycles. The van der Waals surface area contributed by atoms with Crippen molar-refractivity contribution in [2.75, 3.05) is 0 Å². The van der Waals surface area contributed by atoms with E-state index in [1.54, 1.807) is 0 Å². The minimum absolute atomic E-state index is 0.840. The van der Waals surface area contributed by atoms with E-state index < -0.39 is 0 Å². The van der Waals surface area contributed by atoms with Gasteiger partial charge in [0.05, 0.1) is 0 Å². The summed E-state index contributed by atoms with van der Waals surface area (Å²) in [6, 6.07) is 4.34. The number of hydrogen-bond donors (Lipinski definition) is 0. The highest BCUT2D eigenvalue weighted by atomic mass is 14.9. The highest BCUT2D eigenvalue weighted by Crippen LogP contribution is 2.46. The van der Waals surface area contributed by atoms with Crippen molar-refractivity contribution in [2.45, 2.75) is 50.2 Å². The topological polar surface area (TPSA) is 4.93 Å². The Balaban J connectivity index is 1.90. The molecule has 2 heteroatoms. The molecule has 3 rings (SSSR count). The van der Waals surface area contributed by atoms with Gasteiger partial charge in [-0.15, -0.1) is 0 Å². The number of nitrogens with zero attached hydrogens (tertiary/aromatic N) is 1. The van der Waals surface area contributed by atoms with E-state index in [9.17, 15) is 0 Å². The molecule has 74 valence electrons. The van der Waals surface area contributed by atoms with E-state index in [-0.39, 0.29) is 0 Å². The normalized spacial score (nSPS) is 31.9. The molecule has 2 saturated heterocycles. The fraction of sp³-hybridized carbons (Fsp3) is 0.667. The summed E-state index contributed by atoms with van der Waals surface area (Å²) in [5.41, 5.74) is 0. The maximum atomic E-state index is 2.48. The molecule has 0 aromatic carbocycles. The molecule has 2 aliphatic heterocycles. The van der Waals surface area contributed by atoms with Gasteiger partial charge in [0.15, 0.2) is 0 Å². The summed E-state index contributed by atoms with van der Waals surface area (Å²) in [6.07, 6.45) is 13.4. The highest BCUT2D eigenvalue weighted by Gasteiger charge is 2.40. The zero-order valence-electron chi connectivity index (χ0n) is 8.73. The van der Waals surface area contributed by atoms with Crippen molar-refractivity contribution in [2.24, 2.45) is 0 Å². The monoisotopic (exact) mass is 187 g/mol. The lowest BCUT2D eigenvalue weighted by Gasteiger charge is -2.40. The molecular weight excluding hydrogens is 169 g/mol. The minimum Gasteiger partial charge on any atom is -0.397 e. The van der Waals surface area contributed by atoms with Gasteiger partial charge < -0.3 is 4.48 Å². The smallest absolute Gasteiger partial charge is 0.265 e. The predicted octanol–water partition coefficient (Wildman–Crippen LogP) is 3.44. The Morgan fingerprint density at radius 2 is 1.36 bits per heavy atom. The number of hydrogen-bond acceptors (Lipinski definition) is 0. The summed E-state index contributed by atoms with van der Waals surface area (Å²) < 4.78 is 2.48. The maximum Gasteiger partial charge on any atom is 0.265 e. The number of rotatable bonds is 1. The first-order chi connectivity index (χ1) is 6.95. The molecule has 3 heterocycles. The largest absolute Gasteiger partial charge is 0.397 e. The summed E-state index contributed by atoms with van der Waals surface area (Å²) in [7, 11) is 0. The van der Waals surface area contributed by atoms with E-state index in [0.29, 0.717) is 0 Å². The van der Waals surface area contributed by atoms with Crippen LogP contribution in [0.15, 0.2) is 24.5 Å². The molecule has 0 unspecified atom stereocenters. The maximum absolute atomic E-state index is 2.48. The van der Waals surface area contributed by atoms with Crippen molar-refractivity contribution in [1.29, 1.82) is 0 Å². The van der Waals surface area contributed by atoms with E-state index in [0.717, 1.165) is 18.5 Å². The summed E-state index contributed by atoms with van der Waals surface area (Å²) in [6.45, 7) is 0.840. The Kier molecular flexibility index (Phi) is 2.15. The van der Waals surface area contributed by atoms with Gasteiger partial charge in [-0.3, -0.25) is 0 Å². The Labute approximate surface area is 86.6 Å². The van der Waals surface area contributed by atoms with Crippen LogP contribution >= 0.6 is 0 Å². The quantitative estimate of drug-likeness (QED) is 0.593. The summed E-state index contributed by atoms with van der Waals surface area (Å²) >= 11 is 0. The molecule has 0 atom stereocenters. The van der Waals surface area contributed by atoms with Crippen LogP contribution in [0.4, 0.5) is 0 Å². The first-order valence-corrected chi connectivity index (χ1v) is 6.07. The zero-order valence-corrected chi connectivity index (χ0v) is 8.73. The van der Waals surface area contributed by atoms with Gasteiger partial charge in [0.2, 0.25) is 0 Å². The Morgan fingerprint density at radius 1 is 0.857 bits per heavy atom. The molecule has 1 nitrogen and oxygen atoms in total. The molecule has 0 radical (unpaired) electrons. The van der Waals surface area contributed by atoms with E-state index in [1.165, 1.54) is 38.5 Å². The molecule has 2 fully saturated rings. The average Bonchev–Trinajstić information content (AvgIpc) is 2.69. The van der Waals surface area contributed by atoms with Gasteiger partial charge in [-0.2, -0.15) is 0 Å². The molecule has 0 spiro atoms. The second-order valence-corrected chi connectivity index (χ2v) is 5.00. The van der Waals surface area contributed by atoms with Crippen LogP contribution in [-0.4, -0.2) is 11.3 Å². The summed E-state index contributed by atoms with van der Waals surface area (Å²) in [4.78, 5) is 0. The molecule has 1 aromatic heterocycles. The van der Waals surface area contributed by atoms with Crippen molar-refractivity contribution in [1.82, 2.24) is 4.48 Å². The lowest BCUT2D eigenvalue weighted by atomic mass is 9.34. The van der Waals surface area contributed by atoms with Gasteiger partial charge in [-0.05, 0) is 36.2 Å². The summed E-state index contributed by atoms with van der Waals surface area (Å²) in [5, 5.41) is 0. The summed E-state index contributed by atoms with van der Waals surface area (Å²) in [5.74, 6) is 1.96. The van der Waals surface area contributed by atoms with Crippen molar-refractivity contribution < 1.29 is 0 Å². The fourth-order valence-electron chi connectivity index (χ4n) is 3.67. The Morgan fingerprint density at radius 3 is 1.86 bits per heavy atom. The molecule has 2 bridgehead atoms. The SMILES string of the molecule is c1ccn(B2C3CCCC2CCC3)c1. The highest BCUT2D eigenvalue weighted by molar-refractivity contribution is 6.60. The lowest BCUT2D eigenvalue weighted by Crippen LogP contribution is -2.40. The van der Waals surface area contributed by atoms with Crippen LogP contribution in [0.3, 0.4) is 0 Å². The number of aromatic nitrogens is 1. The van der Waals surface area contributed by atoms with Crippen LogP contribution in [0.2, 0.25) is 11.6 Å². The number of fused-ring (bicyclic) bond motifs is 2. The standard InChI is InChI=1S/C12H18BN/c1-2-10-14(9-1)13-11-5-3-6-12(13)8-4-7-11/h1-2,9-12H,3-8H2. The second kappa shape index (κ2) is 3.49. The Hall–Kier alpha value is -0.655. The van der Waals surface area contributed by atoms with Crippen LogP contribution in [0.1, 0.15) is 38.5 Å². The van der Waals surface area contributed by atoms with E-state index in [1.807, 2.05) is 0 Å². The van der Waals surface area contributed by atoms with Gasteiger partial charge in [0.25, 0.3) is 6.85 Å². The Bertz CT molecular complexity index is 271. The first kappa shape index (κ1) is 8.64. The first-order valence-electron chi connectivity index (χ1n) is 6.07. The van der Waals surface area contributed by atoms with Crippen LogP contribution in [0.5, 0.6) is 0 Å². The lowest BCUT2D eigenvalue weighted by molar-refractivity contribution is 0.436. The van der Waals surface area contributed by atoms with Crippen molar-refractivity contribution in [3.05, 3.63) is 24.5 Å². The predicted molar refractivity (Wildman–Crippen MR) is 60.8 cm³/mol. The third kappa shape index (κ3) is 1.32. The third-order valence-corrected chi connectivity index (χ3v) is 4.24. The molecule has 2 aliphatic rings. The van der Waals surface area contributed by atoms with Gasteiger partial charge in [-0.1, -0.05) is 38.5 Å². The van der Waals surface area contributed by atoms with Crippen LogP contribution in [-0.2, 0) is 0 Å². The molecule has 0 amide bonds. The van der Waals surface area contributed by atoms with E-state index >= 15 is 0 Å². The van der Waals surface area contributed by atoms with Crippen molar-refractivity contribution in [3.63, 3.8) is 0 Å². The zero-order chi connectivity index (χ0) is 9.38. The van der Waals surface area contributed by atoms with Crippen molar-refractivity contribution >= 4 is 6.85 Å². The average molecular weight is 187 g/mol. The van der Waals surface area contributed by atoms with Crippen molar-refractivity contribution in [3.8, 4) is 0 Å². The van der Waals surface area contributed by atoms with Gasteiger partial charge >= 0.3 is 0 Å². The van der Waals surface area contributed by atoms with Gasteiger partial charge in [-0.25, -0.2) is 0 Å². The minimum atomic E-state index is 0.840. The third-order valence-electron chi connectivity index (χ3n) is 4.24. The van der Waals surface area contributed by atoms with E-state index in [2.05, 4.69) is 29.0 Å².